The Balaban J connectivity index is 1.94. The van der Waals surface area contributed by atoms with Gasteiger partial charge in [-0.2, -0.15) is 0 Å². The summed E-state index contributed by atoms with van der Waals surface area (Å²) in [6.07, 6.45) is 1.29. The lowest BCUT2D eigenvalue weighted by atomic mass is 10.3. The van der Waals surface area contributed by atoms with Gasteiger partial charge in [-0.25, -0.2) is 13.8 Å². The number of halogens is 2. The monoisotopic (exact) mass is 398 g/mol. The smallest absolute Gasteiger partial charge is 0.298 e. The zero-order valence-corrected chi connectivity index (χ0v) is 16.1. The summed E-state index contributed by atoms with van der Waals surface area (Å²) in [4.78, 5) is 20.0. The number of ether oxygens (including phenoxy) is 2. The molecule has 2 heterocycles. The fourth-order valence-electron chi connectivity index (χ4n) is 2.83. The van der Waals surface area contributed by atoms with Crippen molar-refractivity contribution in [2.45, 2.75) is 13.8 Å². The molecule has 0 spiro atoms. The number of amides is 1. The molecule has 0 bridgehead atoms. The highest BCUT2D eigenvalue weighted by atomic mass is 32.1. The van der Waals surface area contributed by atoms with Crippen LogP contribution in [0.1, 0.15) is 13.8 Å². The van der Waals surface area contributed by atoms with Gasteiger partial charge in [-0.05, 0) is 19.9 Å². The molecule has 0 fully saturated rings. The quantitative estimate of drug-likeness (QED) is 0.772. The molecule has 9 heteroatoms. The number of likely N-dealkylation sites (N-methyl/N-ethyl adjacent to an activating group) is 1. The molecule has 1 aliphatic rings. The summed E-state index contributed by atoms with van der Waals surface area (Å²) in [7, 11) is 0. The van der Waals surface area contributed by atoms with E-state index < -0.39 is 17.5 Å². The number of hydrogen-bond acceptors (Lipinski definition) is 5. The van der Waals surface area contributed by atoms with Crippen molar-refractivity contribution >= 4 is 32.6 Å². The number of quaternary nitrogens is 1. The Morgan fingerprint density at radius 2 is 2.07 bits per heavy atom. The van der Waals surface area contributed by atoms with Crippen LogP contribution in [0.4, 0.5) is 13.9 Å². The lowest BCUT2D eigenvalue weighted by molar-refractivity contribution is -0.894. The maximum Gasteiger partial charge on any atom is 0.298 e. The highest BCUT2D eigenvalue weighted by Gasteiger charge is 2.27. The summed E-state index contributed by atoms with van der Waals surface area (Å²) in [6, 6.07) is 2.01. The number of anilines is 1. The number of benzene rings is 1. The lowest BCUT2D eigenvalue weighted by Gasteiger charge is -2.24. The van der Waals surface area contributed by atoms with Gasteiger partial charge in [-0.1, -0.05) is 11.3 Å². The molecule has 146 valence electrons. The first-order valence-electron chi connectivity index (χ1n) is 8.89. The van der Waals surface area contributed by atoms with Gasteiger partial charge < -0.3 is 14.4 Å². The van der Waals surface area contributed by atoms with E-state index in [-0.39, 0.29) is 17.9 Å². The number of aromatic nitrogens is 1. The fraction of sp³-hybridized carbons (Fsp3) is 0.444. The number of thiazole rings is 1. The molecule has 0 saturated heterocycles. The molecular formula is C18H22F2N3O3S+. The molecule has 0 aliphatic carbocycles. The van der Waals surface area contributed by atoms with Crippen molar-refractivity contribution in [1.29, 1.82) is 0 Å². The first-order valence-corrected chi connectivity index (χ1v) is 9.70. The minimum Gasteiger partial charge on any atom is -0.494 e. The van der Waals surface area contributed by atoms with Gasteiger partial charge in [0.15, 0.2) is 10.9 Å². The molecule has 0 radical (unpaired) electrons. The maximum absolute atomic E-state index is 14.0. The Hall–Kier alpha value is -2.26. The van der Waals surface area contributed by atoms with Gasteiger partial charge in [-0.15, -0.1) is 0 Å². The minimum atomic E-state index is -0.745. The van der Waals surface area contributed by atoms with Crippen molar-refractivity contribution in [3.63, 3.8) is 0 Å². The molecule has 2 aromatic rings. The van der Waals surface area contributed by atoms with Gasteiger partial charge in [-0.3, -0.25) is 9.69 Å². The molecule has 1 aromatic heterocycles. The average molecular weight is 398 g/mol. The predicted molar refractivity (Wildman–Crippen MR) is 98.8 cm³/mol. The largest absolute Gasteiger partial charge is 0.494 e. The summed E-state index contributed by atoms with van der Waals surface area (Å²) < 4.78 is 38.5. The van der Waals surface area contributed by atoms with Crippen LogP contribution >= 0.6 is 11.3 Å². The van der Waals surface area contributed by atoms with Crippen molar-refractivity contribution in [3.05, 3.63) is 35.8 Å². The third-order valence-corrected chi connectivity index (χ3v) is 5.45. The van der Waals surface area contributed by atoms with Crippen LogP contribution in [0.5, 0.6) is 0 Å². The molecule has 6 nitrogen and oxygen atoms in total. The molecule has 1 aliphatic heterocycles. The van der Waals surface area contributed by atoms with E-state index >= 15 is 0 Å². The zero-order chi connectivity index (χ0) is 19.4. The van der Waals surface area contributed by atoms with Crippen molar-refractivity contribution < 1.29 is 27.9 Å². The van der Waals surface area contributed by atoms with Crippen LogP contribution in [-0.4, -0.2) is 50.3 Å². The molecule has 1 aromatic carbocycles. The molecule has 1 amide bonds. The first kappa shape index (κ1) is 19.5. The standard InChI is InChI=1S/C18H21F2N3O3S/c1-3-22(4-2)5-6-23(17(24)14-11-25-7-8-26-14)18-21-16-13(20)9-12(19)10-15(16)27-18/h9-11H,3-8H2,1-2H3/p+1. The van der Waals surface area contributed by atoms with Crippen LogP contribution in [0.15, 0.2) is 24.2 Å². The Morgan fingerprint density at radius 1 is 1.30 bits per heavy atom. The number of fused-ring (bicyclic) bond motifs is 1. The van der Waals surface area contributed by atoms with Crippen LogP contribution in [0.25, 0.3) is 10.2 Å². The van der Waals surface area contributed by atoms with Gasteiger partial charge in [0.2, 0.25) is 5.76 Å². The van der Waals surface area contributed by atoms with Gasteiger partial charge in [0, 0.05) is 6.07 Å². The van der Waals surface area contributed by atoms with E-state index in [1.54, 1.807) is 0 Å². The molecule has 0 atom stereocenters. The second-order valence-electron chi connectivity index (χ2n) is 6.10. The number of carbonyl (C=O) groups is 1. The van der Waals surface area contributed by atoms with Crippen molar-refractivity contribution in [2.75, 3.05) is 44.3 Å². The Bertz CT molecular complexity index is 852. The molecule has 0 unspecified atom stereocenters. The minimum absolute atomic E-state index is 0.0548. The van der Waals surface area contributed by atoms with Gasteiger partial charge in [0.25, 0.3) is 5.91 Å². The number of nitrogens with one attached hydrogen (secondary N) is 1. The van der Waals surface area contributed by atoms with Crippen molar-refractivity contribution in [1.82, 2.24) is 4.98 Å². The fourth-order valence-corrected chi connectivity index (χ4v) is 3.86. The Labute approximate surface area is 160 Å². The summed E-state index contributed by atoms with van der Waals surface area (Å²) in [6.45, 7) is 7.71. The van der Waals surface area contributed by atoms with Crippen LogP contribution in [-0.2, 0) is 14.3 Å². The maximum atomic E-state index is 14.0. The summed E-state index contributed by atoms with van der Waals surface area (Å²) >= 11 is 1.07. The van der Waals surface area contributed by atoms with Gasteiger partial charge in [0.05, 0.1) is 30.9 Å². The Morgan fingerprint density at radius 3 is 2.74 bits per heavy atom. The molecule has 0 saturated carbocycles. The predicted octanol–water partition coefficient (Wildman–Crippen LogP) is 1.72. The lowest BCUT2D eigenvalue weighted by Crippen LogP contribution is -3.12. The van der Waals surface area contributed by atoms with Crippen LogP contribution in [0.2, 0.25) is 0 Å². The van der Waals surface area contributed by atoms with E-state index in [2.05, 4.69) is 18.8 Å². The normalized spacial score (nSPS) is 14.0. The third kappa shape index (κ3) is 4.36. The van der Waals surface area contributed by atoms with Crippen LogP contribution < -0.4 is 9.80 Å². The second-order valence-corrected chi connectivity index (χ2v) is 7.11. The van der Waals surface area contributed by atoms with E-state index in [4.69, 9.17) is 9.47 Å². The van der Waals surface area contributed by atoms with E-state index in [1.165, 1.54) is 22.1 Å². The number of carbonyl (C=O) groups excluding carboxylic acids is 1. The molecule has 1 N–H and O–H groups in total. The van der Waals surface area contributed by atoms with E-state index in [0.29, 0.717) is 29.5 Å². The zero-order valence-electron chi connectivity index (χ0n) is 15.3. The number of rotatable bonds is 7. The average Bonchev–Trinajstić information content (AvgIpc) is 3.09. The number of hydrogen-bond donors (Lipinski definition) is 1. The van der Waals surface area contributed by atoms with Crippen molar-refractivity contribution in [2.24, 2.45) is 0 Å². The summed E-state index contributed by atoms with van der Waals surface area (Å²) in [5.74, 6) is -1.74. The third-order valence-electron chi connectivity index (χ3n) is 4.43. The van der Waals surface area contributed by atoms with Gasteiger partial charge >= 0.3 is 0 Å². The molecule has 27 heavy (non-hydrogen) atoms. The van der Waals surface area contributed by atoms with Crippen LogP contribution in [0, 0.1) is 11.6 Å². The summed E-state index contributed by atoms with van der Waals surface area (Å²) in [5, 5.41) is 0.307. The van der Waals surface area contributed by atoms with E-state index in [1.807, 2.05) is 0 Å². The highest BCUT2D eigenvalue weighted by molar-refractivity contribution is 7.22. The second kappa shape index (κ2) is 8.62. The van der Waals surface area contributed by atoms with E-state index in [9.17, 15) is 13.6 Å². The number of nitrogens with zero attached hydrogens (tertiary/aromatic N) is 2. The molecular weight excluding hydrogens is 376 g/mol. The molecule has 3 rings (SSSR count). The topological polar surface area (TPSA) is 56.1 Å². The summed E-state index contributed by atoms with van der Waals surface area (Å²) in [5.41, 5.74) is 0.0548. The highest BCUT2D eigenvalue weighted by Crippen LogP contribution is 2.31. The van der Waals surface area contributed by atoms with Crippen LogP contribution in [0.3, 0.4) is 0 Å². The van der Waals surface area contributed by atoms with Gasteiger partial charge in [0.1, 0.15) is 30.8 Å². The first-order chi connectivity index (χ1) is 13.0. The SMILES string of the molecule is CC[NH+](CC)CCN(C(=O)C1=COCCO1)c1nc2c(F)cc(F)cc2s1. The van der Waals surface area contributed by atoms with E-state index in [0.717, 1.165) is 30.5 Å². The Kier molecular flexibility index (Phi) is 6.22. The van der Waals surface area contributed by atoms with Crippen molar-refractivity contribution in [3.8, 4) is 0 Å².